The molecule has 26 heavy (non-hydrogen) atoms. The van der Waals surface area contributed by atoms with E-state index in [0.29, 0.717) is 11.4 Å². The highest BCUT2D eigenvalue weighted by Crippen LogP contribution is 2.37. The highest BCUT2D eigenvalue weighted by atomic mass is 32.2. The number of ether oxygens (including phenoxy) is 1. The molecule has 2 aromatic carbocycles. The molecular formula is C18H19FN2O4S. The lowest BCUT2D eigenvalue weighted by atomic mass is 9.93. The van der Waals surface area contributed by atoms with Gasteiger partial charge in [0.15, 0.2) is 0 Å². The van der Waals surface area contributed by atoms with Crippen LogP contribution in [0.25, 0.3) is 0 Å². The van der Waals surface area contributed by atoms with Crippen LogP contribution < -0.4 is 14.4 Å². The van der Waals surface area contributed by atoms with E-state index in [1.165, 1.54) is 35.2 Å². The number of hydrogen-bond donors (Lipinski definition) is 1. The van der Waals surface area contributed by atoms with Gasteiger partial charge in [-0.15, -0.1) is 0 Å². The highest BCUT2D eigenvalue weighted by Gasteiger charge is 2.36. The molecule has 1 N–H and O–H groups in total. The molecule has 0 aliphatic carbocycles. The number of carbonyl (C=O) groups excluding carboxylic acids is 1. The third-order valence-corrected chi connectivity index (χ3v) is 5.53. The molecule has 2 aromatic rings. The first-order chi connectivity index (χ1) is 12.1. The molecule has 138 valence electrons. The first-order valence-corrected chi connectivity index (χ1v) is 9.42. The van der Waals surface area contributed by atoms with E-state index in [1.807, 2.05) is 0 Å². The number of amides is 1. The largest absolute Gasteiger partial charge is 0.490 e. The zero-order chi connectivity index (χ0) is 19.1. The zero-order valence-corrected chi connectivity index (χ0v) is 15.4. The van der Waals surface area contributed by atoms with Crippen molar-refractivity contribution in [1.29, 1.82) is 0 Å². The average Bonchev–Trinajstić information content (AvgIpc) is 2.66. The summed E-state index contributed by atoms with van der Waals surface area (Å²) in [5.74, 6) is -0.294. The van der Waals surface area contributed by atoms with Crippen LogP contribution in [0.2, 0.25) is 0 Å². The van der Waals surface area contributed by atoms with Crippen molar-refractivity contribution in [2.75, 3.05) is 23.3 Å². The second-order valence-electron chi connectivity index (χ2n) is 6.78. The van der Waals surface area contributed by atoms with Crippen molar-refractivity contribution >= 4 is 27.3 Å². The monoisotopic (exact) mass is 378 g/mol. The van der Waals surface area contributed by atoms with Crippen LogP contribution in [-0.4, -0.2) is 28.0 Å². The molecule has 8 heteroatoms. The van der Waals surface area contributed by atoms with Gasteiger partial charge in [-0.05, 0) is 50.2 Å². The average molecular weight is 378 g/mol. The SMILES string of the molecule is CN1C(=O)C(C)(C)COc2ccc(NS(=O)(=O)c3cccc(F)c3)cc21. The van der Waals surface area contributed by atoms with Crippen LogP contribution in [0, 0.1) is 11.2 Å². The van der Waals surface area contributed by atoms with Gasteiger partial charge in [0.1, 0.15) is 18.2 Å². The molecule has 3 rings (SSSR count). The Labute approximate surface area is 151 Å². The van der Waals surface area contributed by atoms with Crippen LogP contribution in [0.3, 0.4) is 0 Å². The Hall–Kier alpha value is -2.61. The number of hydrogen-bond acceptors (Lipinski definition) is 4. The van der Waals surface area contributed by atoms with Gasteiger partial charge in [0, 0.05) is 7.05 Å². The number of benzene rings is 2. The van der Waals surface area contributed by atoms with Gasteiger partial charge >= 0.3 is 0 Å². The first kappa shape index (κ1) is 18.2. The van der Waals surface area contributed by atoms with Gasteiger partial charge < -0.3 is 9.64 Å². The van der Waals surface area contributed by atoms with E-state index in [9.17, 15) is 17.6 Å². The lowest BCUT2D eigenvalue weighted by Crippen LogP contribution is -2.39. The summed E-state index contributed by atoms with van der Waals surface area (Å²) in [6.07, 6.45) is 0. The molecular weight excluding hydrogens is 359 g/mol. The molecule has 0 unspecified atom stereocenters. The molecule has 0 radical (unpaired) electrons. The Morgan fingerprint density at radius 1 is 1.19 bits per heavy atom. The molecule has 0 spiro atoms. The Morgan fingerprint density at radius 2 is 1.92 bits per heavy atom. The predicted octanol–water partition coefficient (Wildman–Crippen LogP) is 3.01. The molecule has 0 aromatic heterocycles. The minimum atomic E-state index is -3.96. The van der Waals surface area contributed by atoms with E-state index >= 15 is 0 Å². The van der Waals surface area contributed by atoms with Crippen molar-refractivity contribution in [3.63, 3.8) is 0 Å². The fourth-order valence-electron chi connectivity index (χ4n) is 2.70. The molecule has 0 saturated heterocycles. The second-order valence-corrected chi connectivity index (χ2v) is 8.46. The zero-order valence-electron chi connectivity index (χ0n) is 14.6. The lowest BCUT2D eigenvalue weighted by Gasteiger charge is -2.24. The fourth-order valence-corrected chi connectivity index (χ4v) is 3.78. The van der Waals surface area contributed by atoms with Gasteiger partial charge in [-0.1, -0.05) is 6.07 Å². The summed E-state index contributed by atoms with van der Waals surface area (Å²) < 4.78 is 46.3. The van der Waals surface area contributed by atoms with Crippen molar-refractivity contribution in [3.8, 4) is 5.75 Å². The third-order valence-electron chi connectivity index (χ3n) is 4.15. The quantitative estimate of drug-likeness (QED) is 0.891. The van der Waals surface area contributed by atoms with Crippen molar-refractivity contribution in [1.82, 2.24) is 0 Å². The van der Waals surface area contributed by atoms with Crippen molar-refractivity contribution in [2.45, 2.75) is 18.7 Å². The number of nitrogens with zero attached hydrogens (tertiary/aromatic N) is 1. The van der Waals surface area contributed by atoms with Crippen LogP contribution >= 0.6 is 0 Å². The summed E-state index contributed by atoms with van der Waals surface area (Å²) in [5.41, 5.74) is 0.00521. The molecule has 1 amide bonds. The van der Waals surface area contributed by atoms with E-state index in [1.54, 1.807) is 27.0 Å². The first-order valence-electron chi connectivity index (χ1n) is 7.93. The van der Waals surface area contributed by atoms with Gasteiger partial charge in [0.2, 0.25) is 5.91 Å². The standard InChI is InChI=1S/C18H19FN2O4S/c1-18(2)11-25-16-8-7-13(10-15(16)21(3)17(18)22)20-26(23,24)14-6-4-5-12(19)9-14/h4-10,20H,11H2,1-3H3. The molecule has 0 saturated carbocycles. The smallest absolute Gasteiger partial charge is 0.261 e. The number of halogens is 1. The molecule has 1 aliphatic heterocycles. The van der Waals surface area contributed by atoms with Crippen LogP contribution in [0.1, 0.15) is 13.8 Å². The van der Waals surface area contributed by atoms with Gasteiger partial charge in [-0.2, -0.15) is 0 Å². The summed E-state index contributed by atoms with van der Waals surface area (Å²) in [6, 6.07) is 9.38. The van der Waals surface area contributed by atoms with Gasteiger partial charge in [-0.25, -0.2) is 12.8 Å². The van der Waals surface area contributed by atoms with Crippen molar-refractivity contribution < 1.29 is 22.3 Å². The van der Waals surface area contributed by atoms with Crippen LogP contribution in [0.5, 0.6) is 5.75 Å². The summed E-state index contributed by atoms with van der Waals surface area (Å²) in [6.45, 7) is 3.79. The topological polar surface area (TPSA) is 75.7 Å². The predicted molar refractivity (Wildman–Crippen MR) is 96.3 cm³/mol. The number of anilines is 2. The maximum Gasteiger partial charge on any atom is 0.261 e. The lowest BCUT2D eigenvalue weighted by molar-refractivity contribution is -0.127. The molecule has 1 heterocycles. The Balaban J connectivity index is 1.95. The molecule has 0 fully saturated rings. The van der Waals surface area contributed by atoms with Gasteiger partial charge in [-0.3, -0.25) is 9.52 Å². The van der Waals surface area contributed by atoms with E-state index in [0.717, 1.165) is 6.07 Å². The Morgan fingerprint density at radius 3 is 2.62 bits per heavy atom. The normalized spacial score (nSPS) is 16.5. The molecule has 6 nitrogen and oxygen atoms in total. The van der Waals surface area contributed by atoms with Crippen molar-refractivity contribution in [2.24, 2.45) is 5.41 Å². The fraction of sp³-hybridized carbons (Fsp3) is 0.278. The summed E-state index contributed by atoms with van der Waals surface area (Å²) in [7, 11) is -2.35. The maximum atomic E-state index is 13.3. The van der Waals surface area contributed by atoms with Crippen LogP contribution in [-0.2, 0) is 14.8 Å². The summed E-state index contributed by atoms with van der Waals surface area (Å²) in [4.78, 5) is 13.8. The number of sulfonamides is 1. The Kier molecular flexibility index (Phi) is 4.39. The number of carbonyl (C=O) groups is 1. The number of rotatable bonds is 3. The third kappa shape index (κ3) is 3.37. The minimum absolute atomic E-state index is 0.138. The van der Waals surface area contributed by atoms with E-state index in [4.69, 9.17) is 4.74 Å². The van der Waals surface area contributed by atoms with Crippen LogP contribution in [0.15, 0.2) is 47.4 Å². The number of nitrogens with one attached hydrogen (secondary N) is 1. The molecule has 0 bridgehead atoms. The summed E-state index contributed by atoms with van der Waals surface area (Å²) in [5, 5.41) is 0. The van der Waals surface area contributed by atoms with Gasteiger partial charge in [0.25, 0.3) is 10.0 Å². The van der Waals surface area contributed by atoms with E-state index < -0.39 is 21.3 Å². The van der Waals surface area contributed by atoms with Crippen molar-refractivity contribution in [3.05, 3.63) is 48.3 Å². The van der Waals surface area contributed by atoms with E-state index in [-0.39, 0.29) is 23.1 Å². The van der Waals surface area contributed by atoms with Gasteiger partial charge in [0.05, 0.1) is 21.7 Å². The van der Waals surface area contributed by atoms with Crippen LogP contribution in [0.4, 0.5) is 15.8 Å². The minimum Gasteiger partial charge on any atom is -0.490 e. The number of fused-ring (bicyclic) bond motifs is 1. The molecule has 0 atom stereocenters. The second kappa shape index (κ2) is 6.28. The Bertz CT molecular complexity index is 973. The molecule has 1 aliphatic rings. The summed E-state index contributed by atoms with van der Waals surface area (Å²) >= 11 is 0. The van der Waals surface area contributed by atoms with E-state index in [2.05, 4.69) is 4.72 Å². The maximum absolute atomic E-state index is 13.3. The highest BCUT2D eigenvalue weighted by molar-refractivity contribution is 7.92.